The lowest BCUT2D eigenvalue weighted by Crippen LogP contribution is -2.30. The Bertz CT molecular complexity index is 882. The van der Waals surface area contributed by atoms with E-state index in [9.17, 15) is 13.2 Å². The second kappa shape index (κ2) is 10.0. The molecule has 1 atom stereocenters. The zero-order valence-corrected chi connectivity index (χ0v) is 18.4. The minimum Gasteiger partial charge on any atom is -0.345 e. The Morgan fingerprint density at radius 3 is 2.29 bits per heavy atom. The van der Waals surface area contributed by atoms with Gasteiger partial charge in [0, 0.05) is 24.0 Å². The third kappa shape index (κ3) is 5.53. The first-order valence-electron chi connectivity index (χ1n) is 9.41. The summed E-state index contributed by atoms with van der Waals surface area (Å²) in [5, 5.41) is 5.04. The Morgan fingerprint density at radius 1 is 1.14 bits per heavy atom. The van der Waals surface area contributed by atoms with Gasteiger partial charge < -0.3 is 5.32 Å². The van der Waals surface area contributed by atoms with Crippen LogP contribution in [-0.2, 0) is 14.8 Å². The third-order valence-corrected chi connectivity index (χ3v) is 7.48. The highest BCUT2D eigenvalue weighted by Gasteiger charge is 2.21. The first-order valence-corrected chi connectivity index (χ1v) is 11.7. The normalized spacial score (nSPS) is 13.4. The summed E-state index contributed by atoms with van der Waals surface area (Å²) in [6.45, 7) is 8.64. The molecule has 0 bridgehead atoms. The van der Waals surface area contributed by atoms with Crippen LogP contribution in [0.5, 0.6) is 0 Å². The molecule has 1 amide bonds. The fourth-order valence-electron chi connectivity index (χ4n) is 2.87. The van der Waals surface area contributed by atoms with Crippen molar-refractivity contribution < 1.29 is 13.2 Å². The van der Waals surface area contributed by atoms with Crippen LogP contribution in [0.2, 0.25) is 0 Å². The van der Waals surface area contributed by atoms with Gasteiger partial charge in [-0.3, -0.25) is 4.79 Å². The van der Waals surface area contributed by atoms with Gasteiger partial charge in [-0.25, -0.2) is 8.42 Å². The SMILES string of the molecule is CCN(CC)S(=O)(=O)c1ccc(/C=C/C(=O)N[C@H](c2cccs2)C(C)C)cc1. The Labute approximate surface area is 172 Å². The van der Waals surface area contributed by atoms with Gasteiger partial charge in [0.05, 0.1) is 10.9 Å². The predicted molar refractivity (Wildman–Crippen MR) is 116 cm³/mol. The number of sulfonamides is 1. The summed E-state index contributed by atoms with van der Waals surface area (Å²) in [4.78, 5) is 13.7. The lowest BCUT2D eigenvalue weighted by Gasteiger charge is -2.20. The molecule has 2 rings (SSSR count). The van der Waals surface area contributed by atoms with Crippen LogP contribution in [0, 0.1) is 5.92 Å². The van der Waals surface area contributed by atoms with E-state index in [4.69, 9.17) is 0 Å². The Hall–Kier alpha value is -1.96. The van der Waals surface area contributed by atoms with Crippen LogP contribution in [0.3, 0.4) is 0 Å². The van der Waals surface area contributed by atoms with Crippen molar-refractivity contribution in [3.63, 3.8) is 0 Å². The predicted octanol–water partition coefficient (Wildman–Crippen LogP) is 4.31. The van der Waals surface area contributed by atoms with E-state index in [1.807, 2.05) is 31.4 Å². The van der Waals surface area contributed by atoms with Crippen LogP contribution in [0.4, 0.5) is 0 Å². The Morgan fingerprint density at radius 2 is 1.79 bits per heavy atom. The number of carbonyl (C=O) groups excluding carboxylic acids is 1. The van der Waals surface area contributed by atoms with Crippen LogP contribution in [0.15, 0.2) is 52.7 Å². The fourth-order valence-corrected chi connectivity index (χ4v) is 5.28. The summed E-state index contributed by atoms with van der Waals surface area (Å²) in [5.41, 5.74) is 0.769. The molecule has 0 saturated carbocycles. The first kappa shape index (κ1) is 22.3. The highest BCUT2D eigenvalue weighted by atomic mass is 32.2. The molecule has 7 heteroatoms. The topological polar surface area (TPSA) is 66.5 Å². The molecule has 2 aromatic rings. The summed E-state index contributed by atoms with van der Waals surface area (Å²) in [7, 11) is -3.47. The second-order valence-electron chi connectivity index (χ2n) is 6.74. The van der Waals surface area contributed by atoms with E-state index >= 15 is 0 Å². The summed E-state index contributed by atoms with van der Waals surface area (Å²) in [6.07, 6.45) is 3.17. The maximum atomic E-state index is 12.5. The molecule has 0 aliphatic carbocycles. The van der Waals surface area contributed by atoms with Gasteiger partial charge in [0.15, 0.2) is 0 Å². The molecule has 5 nitrogen and oxygen atoms in total. The number of nitrogens with zero attached hydrogens (tertiary/aromatic N) is 1. The molecule has 0 saturated heterocycles. The molecule has 1 aromatic heterocycles. The number of carbonyl (C=O) groups is 1. The molecule has 0 aliphatic heterocycles. The molecule has 0 aliphatic rings. The third-order valence-electron chi connectivity index (χ3n) is 4.46. The van der Waals surface area contributed by atoms with Crippen LogP contribution < -0.4 is 5.32 Å². The van der Waals surface area contributed by atoms with Crippen molar-refractivity contribution >= 4 is 33.3 Å². The lowest BCUT2D eigenvalue weighted by atomic mass is 10.0. The first-order chi connectivity index (χ1) is 13.3. The van der Waals surface area contributed by atoms with E-state index in [0.717, 1.165) is 10.4 Å². The molecule has 1 N–H and O–H groups in total. The second-order valence-corrected chi connectivity index (χ2v) is 9.65. The fraction of sp³-hybridized carbons (Fsp3) is 0.381. The number of thiophene rings is 1. The van der Waals surface area contributed by atoms with Gasteiger partial charge in [-0.15, -0.1) is 11.3 Å². The van der Waals surface area contributed by atoms with E-state index in [-0.39, 0.29) is 22.8 Å². The van der Waals surface area contributed by atoms with E-state index in [1.165, 1.54) is 10.4 Å². The number of hydrogen-bond acceptors (Lipinski definition) is 4. The van der Waals surface area contributed by atoms with Crippen LogP contribution >= 0.6 is 11.3 Å². The summed E-state index contributed by atoms with van der Waals surface area (Å²) in [6, 6.07) is 10.5. The average Bonchev–Trinajstić information content (AvgIpc) is 3.19. The average molecular weight is 421 g/mol. The molecule has 1 heterocycles. The van der Waals surface area contributed by atoms with Crippen LogP contribution in [0.25, 0.3) is 6.08 Å². The summed E-state index contributed by atoms with van der Waals surface area (Å²) in [5.74, 6) is 0.104. The maximum absolute atomic E-state index is 12.5. The Balaban J connectivity index is 2.07. The van der Waals surface area contributed by atoms with E-state index in [0.29, 0.717) is 13.1 Å². The molecule has 0 unspecified atom stereocenters. The van der Waals surface area contributed by atoms with E-state index in [2.05, 4.69) is 19.2 Å². The van der Waals surface area contributed by atoms with E-state index < -0.39 is 10.0 Å². The van der Waals surface area contributed by atoms with Crippen molar-refractivity contribution in [2.24, 2.45) is 5.92 Å². The summed E-state index contributed by atoms with van der Waals surface area (Å²) < 4.78 is 26.4. The lowest BCUT2D eigenvalue weighted by molar-refractivity contribution is -0.117. The number of hydrogen-bond donors (Lipinski definition) is 1. The zero-order chi connectivity index (χ0) is 20.7. The number of benzene rings is 1. The van der Waals surface area contributed by atoms with Crippen molar-refractivity contribution in [2.75, 3.05) is 13.1 Å². The smallest absolute Gasteiger partial charge is 0.244 e. The quantitative estimate of drug-likeness (QED) is 0.615. The number of rotatable bonds is 9. The standard InChI is InChI=1S/C21H28N2O3S2/c1-5-23(6-2)28(25,26)18-12-9-17(10-13-18)11-14-20(24)22-21(16(3)4)19-8-7-15-27-19/h7-16,21H,5-6H2,1-4H3,(H,22,24)/b14-11+/t21-/m0/s1. The molecule has 28 heavy (non-hydrogen) atoms. The van der Waals surface area contributed by atoms with E-state index in [1.54, 1.807) is 41.7 Å². The van der Waals surface area contributed by atoms with Gasteiger partial charge in [0.25, 0.3) is 0 Å². The molecule has 1 aromatic carbocycles. The van der Waals surface area contributed by atoms with Crippen molar-refractivity contribution in [1.29, 1.82) is 0 Å². The van der Waals surface area contributed by atoms with Crippen molar-refractivity contribution in [3.05, 3.63) is 58.3 Å². The molecule has 0 fully saturated rings. The molecular weight excluding hydrogens is 392 g/mol. The van der Waals surface area contributed by atoms with Crippen LogP contribution in [0.1, 0.15) is 44.2 Å². The highest BCUT2D eigenvalue weighted by molar-refractivity contribution is 7.89. The number of nitrogens with one attached hydrogen (secondary N) is 1. The Kier molecular flexibility index (Phi) is 7.98. The largest absolute Gasteiger partial charge is 0.345 e. The number of amides is 1. The molecule has 0 spiro atoms. The van der Waals surface area contributed by atoms with Gasteiger partial charge >= 0.3 is 0 Å². The molecular formula is C21H28N2O3S2. The monoisotopic (exact) mass is 420 g/mol. The zero-order valence-electron chi connectivity index (χ0n) is 16.8. The van der Waals surface area contributed by atoms with Gasteiger partial charge in [-0.05, 0) is 41.1 Å². The van der Waals surface area contributed by atoms with Crippen molar-refractivity contribution in [2.45, 2.75) is 38.6 Å². The van der Waals surface area contributed by atoms with Crippen LogP contribution in [-0.4, -0.2) is 31.7 Å². The van der Waals surface area contributed by atoms with Crippen molar-refractivity contribution in [1.82, 2.24) is 9.62 Å². The van der Waals surface area contributed by atoms with Gasteiger partial charge in [-0.1, -0.05) is 45.9 Å². The minimum absolute atomic E-state index is 0.0289. The van der Waals surface area contributed by atoms with Crippen molar-refractivity contribution in [3.8, 4) is 0 Å². The van der Waals surface area contributed by atoms with Gasteiger partial charge in [0.1, 0.15) is 0 Å². The highest BCUT2D eigenvalue weighted by Crippen LogP contribution is 2.25. The minimum atomic E-state index is -3.47. The van der Waals surface area contributed by atoms with Gasteiger partial charge in [0.2, 0.25) is 15.9 Å². The molecule has 152 valence electrons. The maximum Gasteiger partial charge on any atom is 0.244 e. The summed E-state index contributed by atoms with van der Waals surface area (Å²) >= 11 is 1.63. The molecule has 0 radical (unpaired) electrons. The van der Waals surface area contributed by atoms with Gasteiger partial charge in [-0.2, -0.15) is 4.31 Å².